The fourth-order valence-electron chi connectivity index (χ4n) is 2.91. The molecule has 122 valence electrons. The highest BCUT2D eigenvalue weighted by Crippen LogP contribution is 2.24. The van der Waals surface area contributed by atoms with Gasteiger partial charge in [-0.25, -0.2) is 4.79 Å². The molecule has 1 aliphatic rings. The van der Waals surface area contributed by atoms with Crippen LogP contribution >= 0.6 is 0 Å². The molecule has 3 heterocycles. The molecule has 3 rings (SSSR count). The highest BCUT2D eigenvalue weighted by atomic mass is 16.2. The molecule has 23 heavy (non-hydrogen) atoms. The van der Waals surface area contributed by atoms with Crippen LogP contribution in [0.4, 0.5) is 5.95 Å². The highest BCUT2D eigenvalue weighted by molar-refractivity contribution is 5.75. The van der Waals surface area contributed by atoms with E-state index in [4.69, 9.17) is 0 Å². The number of imidazole rings is 1. The van der Waals surface area contributed by atoms with Gasteiger partial charge in [-0.15, -0.1) is 0 Å². The Morgan fingerprint density at radius 3 is 2.48 bits per heavy atom. The van der Waals surface area contributed by atoms with E-state index in [1.807, 2.05) is 30.6 Å². The minimum atomic E-state index is -0.336. The van der Waals surface area contributed by atoms with Gasteiger partial charge < -0.3 is 9.47 Å². The first-order valence-electron chi connectivity index (χ1n) is 7.77. The van der Waals surface area contributed by atoms with Crippen molar-refractivity contribution in [2.45, 2.75) is 26.9 Å². The van der Waals surface area contributed by atoms with E-state index in [9.17, 15) is 9.59 Å². The molecule has 0 bridgehead atoms. The lowest BCUT2D eigenvalue weighted by atomic mass is 10.4. The number of hydrogen-bond donors (Lipinski definition) is 0. The van der Waals surface area contributed by atoms with Crippen molar-refractivity contribution in [1.29, 1.82) is 0 Å². The van der Waals surface area contributed by atoms with Gasteiger partial charge in [-0.3, -0.25) is 13.9 Å². The Hall–Kier alpha value is -2.57. The number of aromatic nitrogens is 4. The van der Waals surface area contributed by atoms with Crippen molar-refractivity contribution in [3.05, 3.63) is 45.1 Å². The number of rotatable bonds is 4. The summed E-state index contributed by atoms with van der Waals surface area (Å²) < 4.78 is 4.64. The molecule has 2 aromatic rings. The molecule has 0 N–H and O–H groups in total. The van der Waals surface area contributed by atoms with E-state index < -0.39 is 0 Å². The van der Waals surface area contributed by atoms with Crippen LogP contribution in [0, 0.1) is 0 Å². The molecule has 0 saturated heterocycles. The van der Waals surface area contributed by atoms with E-state index in [0.717, 1.165) is 19.0 Å². The van der Waals surface area contributed by atoms with Gasteiger partial charge >= 0.3 is 5.69 Å². The van der Waals surface area contributed by atoms with Gasteiger partial charge in [0.25, 0.3) is 5.56 Å². The normalized spacial score (nSPS) is 14.7. The largest absolute Gasteiger partial charge is 0.337 e. The fraction of sp³-hybridized carbons (Fsp3) is 0.438. The molecule has 0 saturated carbocycles. The highest BCUT2D eigenvalue weighted by Gasteiger charge is 2.26. The Bertz CT molecular complexity index is 913. The smallest absolute Gasteiger partial charge is 0.332 e. The maximum absolute atomic E-state index is 12.8. The summed E-state index contributed by atoms with van der Waals surface area (Å²) in [6.07, 6.45) is 7.67. The van der Waals surface area contributed by atoms with Crippen molar-refractivity contribution in [1.82, 2.24) is 18.7 Å². The van der Waals surface area contributed by atoms with E-state index >= 15 is 0 Å². The number of aryl methyl sites for hydroxylation is 1. The van der Waals surface area contributed by atoms with Gasteiger partial charge in [0.2, 0.25) is 5.95 Å². The number of fused-ring (bicyclic) bond motifs is 3. The van der Waals surface area contributed by atoms with Gasteiger partial charge in [0.15, 0.2) is 11.2 Å². The topological polar surface area (TPSA) is 65.1 Å². The van der Waals surface area contributed by atoms with Crippen LogP contribution in [-0.4, -0.2) is 31.8 Å². The minimum Gasteiger partial charge on any atom is -0.337 e. The van der Waals surface area contributed by atoms with Gasteiger partial charge in [0.05, 0.1) is 0 Å². The third kappa shape index (κ3) is 2.32. The summed E-state index contributed by atoms with van der Waals surface area (Å²) in [5.41, 5.74) is 0.358. The molecule has 7 heteroatoms. The van der Waals surface area contributed by atoms with Crippen LogP contribution in [0.2, 0.25) is 0 Å². The molecular weight excluding hydrogens is 294 g/mol. The van der Waals surface area contributed by atoms with Gasteiger partial charge in [-0.2, -0.15) is 4.98 Å². The predicted octanol–water partition coefficient (Wildman–Crippen LogP) is 0.869. The minimum absolute atomic E-state index is 0.271. The van der Waals surface area contributed by atoms with Crippen molar-refractivity contribution in [3.63, 3.8) is 0 Å². The lowest BCUT2D eigenvalue weighted by Crippen LogP contribution is -2.39. The third-order valence-electron chi connectivity index (χ3n) is 4.17. The maximum atomic E-state index is 12.8. The Labute approximate surface area is 133 Å². The molecule has 0 fully saturated rings. The molecule has 0 amide bonds. The number of nitrogens with zero attached hydrogens (tertiary/aromatic N) is 5. The molecule has 0 atom stereocenters. The summed E-state index contributed by atoms with van der Waals surface area (Å²) in [6, 6.07) is 0. The van der Waals surface area contributed by atoms with Crippen molar-refractivity contribution in [3.8, 4) is 0 Å². The van der Waals surface area contributed by atoms with E-state index in [-0.39, 0.29) is 17.8 Å². The Morgan fingerprint density at radius 2 is 1.78 bits per heavy atom. The van der Waals surface area contributed by atoms with Gasteiger partial charge in [0, 0.05) is 33.2 Å². The average molecular weight is 315 g/mol. The van der Waals surface area contributed by atoms with Crippen LogP contribution in [0.5, 0.6) is 0 Å². The maximum Gasteiger partial charge on any atom is 0.332 e. The molecule has 0 aromatic carbocycles. The van der Waals surface area contributed by atoms with E-state index in [1.165, 1.54) is 9.13 Å². The van der Waals surface area contributed by atoms with Crippen LogP contribution < -0.4 is 16.1 Å². The monoisotopic (exact) mass is 315 g/mol. The van der Waals surface area contributed by atoms with Crippen LogP contribution in [0.15, 0.2) is 33.9 Å². The standard InChI is InChI=1S/C16H21N5O2/c1-4-6-8-19-10-11-20-12-13(17-15(19)20)18(3)16(23)21(14(12)22)9-7-5-2/h4-7H,8-11H2,1-3H3/b6-4+,7-5+. The van der Waals surface area contributed by atoms with Gasteiger partial charge in [0.1, 0.15) is 0 Å². The molecule has 0 aliphatic carbocycles. The zero-order valence-electron chi connectivity index (χ0n) is 13.7. The van der Waals surface area contributed by atoms with Gasteiger partial charge in [-0.05, 0) is 13.8 Å². The summed E-state index contributed by atoms with van der Waals surface area (Å²) in [4.78, 5) is 31.8. The first-order valence-corrected chi connectivity index (χ1v) is 7.77. The van der Waals surface area contributed by atoms with Crippen LogP contribution in [-0.2, 0) is 20.1 Å². The number of hydrogen-bond acceptors (Lipinski definition) is 4. The van der Waals surface area contributed by atoms with Crippen LogP contribution in [0.3, 0.4) is 0 Å². The SMILES string of the molecule is C/C=C/CN1CCn2c1nc1c2c(=O)n(C/C=C/C)c(=O)n1C. The Morgan fingerprint density at radius 1 is 1.09 bits per heavy atom. The molecule has 0 spiro atoms. The predicted molar refractivity (Wildman–Crippen MR) is 91.1 cm³/mol. The lowest BCUT2D eigenvalue weighted by Gasteiger charge is -2.12. The molecule has 1 aliphatic heterocycles. The van der Waals surface area contributed by atoms with Crippen molar-refractivity contribution in [2.24, 2.45) is 7.05 Å². The summed E-state index contributed by atoms with van der Waals surface area (Å²) in [7, 11) is 1.66. The van der Waals surface area contributed by atoms with Crippen molar-refractivity contribution in [2.75, 3.05) is 18.0 Å². The number of anilines is 1. The zero-order valence-corrected chi connectivity index (χ0v) is 13.7. The summed E-state index contributed by atoms with van der Waals surface area (Å²) in [6.45, 7) is 6.40. The van der Waals surface area contributed by atoms with Crippen LogP contribution in [0.25, 0.3) is 11.2 Å². The second-order valence-electron chi connectivity index (χ2n) is 5.58. The van der Waals surface area contributed by atoms with Crippen molar-refractivity contribution >= 4 is 17.1 Å². The Kier molecular flexibility index (Phi) is 3.94. The second kappa shape index (κ2) is 5.91. The second-order valence-corrected chi connectivity index (χ2v) is 5.58. The average Bonchev–Trinajstić information content (AvgIpc) is 3.10. The van der Waals surface area contributed by atoms with Crippen LogP contribution in [0.1, 0.15) is 13.8 Å². The fourth-order valence-corrected chi connectivity index (χ4v) is 2.91. The summed E-state index contributed by atoms with van der Waals surface area (Å²) in [5.74, 6) is 0.758. The molecule has 0 radical (unpaired) electrons. The lowest BCUT2D eigenvalue weighted by molar-refractivity contribution is 0.661. The summed E-state index contributed by atoms with van der Waals surface area (Å²) in [5, 5.41) is 0. The number of allylic oxidation sites excluding steroid dienone is 3. The van der Waals surface area contributed by atoms with E-state index in [0.29, 0.717) is 17.7 Å². The van der Waals surface area contributed by atoms with Gasteiger partial charge in [-0.1, -0.05) is 24.3 Å². The quantitative estimate of drug-likeness (QED) is 0.785. The first kappa shape index (κ1) is 15.3. The molecular formula is C16H21N5O2. The zero-order chi connectivity index (χ0) is 16.6. The molecule has 0 unspecified atom stereocenters. The first-order chi connectivity index (χ1) is 11.1. The third-order valence-corrected chi connectivity index (χ3v) is 4.17. The van der Waals surface area contributed by atoms with Crippen molar-refractivity contribution < 1.29 is 0 Å². The van der Waals surface area contributed by atoms with E-state index in [2.05, 4.69) is 16.0 Å². The summed E-state index contributed by atoms with van der Waals surface area (Å²) >= 11 is 0. The molecule has 2 aromatic heterocycles. The molecule has 7 nitrogen and oxygen atoms in total. The van der Waals surface area contributed by atoms with E-state index in [1.54, 1.807) is 13.1 Å². The Balaban J connectivity index is 2.23.